The van der Waals surface area contributed by atoms with E-state index in [4.69, 9.17) is 0 Å². The first kappa shape index (κ1) is 12.7. The third kappa shape index (κ3) is 1.64. The highest BCUT2D eigenvalue weighted by molar-refractivity contribution is 6.23. The highest BCUT2D eigenvalue weighted by Gasteiger charge is 2.40. The lowest BCUT2D eigenvalue weighted by Gasteiger charge is -2.15. The maximum Gasteiger partial charge on any atom is 0.361 e. The quantitative estimate of drug-likeness (QED) is 0.357. The smallest absolute Gasteiger partial charge is 0.361 e. The molecule has 0 bridgehead atoms. The van der Waals surface area contributed by atoms with Gasteiger partial charge in [0.05, 0.1) is 15.4 Å². The van der Waals surface area contributed by atoms with E-state index in [9.17, 15) is 29.8 Å². The van der Waals surface area contributed by atoms with Crippen molar-refractivity contribution in [1.82, 2.24) is 0 Å². The zero-order valence-electron chi connectivity index (χ0n) is 10.1. The number of benzene rings is 2. The number of nitro benzene ring substituents is 2. The summed E-state index contributed by atoms with van der Waals surface area (Å²) in [5.74, 6) is -2.21. The topological polar surface area (TPSA) is 130 Å². The van der Waals surface area contributed by atoms with Gasteiger partial charge in [-0.15, -0.1) is 0 Å². The lowest BCUT2D eigenvalue weighted by atomic mass is 9.95. The second-order valence-electron chi connectivity index (χ2n) is 4.21. The summed E-state index contributed by atoms with van der Waals surface area (Å²) >= 11 is 0. The molecule has 2 aromatic rings. The molecule has 0 fully saturated rings. The average Bonchev–Trinajstić information content (AvgIpc) is 2.42. The van der Waals surface area contributed by atoms with Gasteiger partial charge in [0.1, 0.15) is 0 Å². The largest absolute Gasteiger partial charge is 0.385 e. The molecule has 0 radical (unpaired) electrons. The fourth-order valence-electron chi connectivity index (χ4n) is 2.31. The van der Waals surface area contributed by atoms with Crippen LogP contribution in [0, 0.1) is 20.2 Å². The van der Waals surface area contributed by atoms with Crippen molar-refractivity contribution >= 4 is 34.1 Å². The van der Waals surface area contributed by atoms with E-state index in [1.807, 2.05) is 0 Å². The van der Waals surface area contributed by atoms with Crippen LogP contribution in [-0.4, -0.2) is 21.8 Å². The number of nitrogens with zero attached hydrogens (tertiary/aromatic N) is 2. The average molecular weight is 288 g/mol. The molecule has 0 N–H and O–H groups in total. The fraction of sp³-hybridized carbons (Fsp3) is 0. The van der Waals surface area contributed by atoms with Gasteiger partial charge in [-0.25, -0.2) is 9.59 Å². The summed E-state index contributed by atoms with van der Waals surface area (Å²) in [6.45, 7) is 0. The first-order valence-electron chi connectivity index (χ1n) is 5.57. The number of carbonyl (C=O) groups is 2. The van der Waals surface area contributed by atoms with Gasteiger partial charge in [-0.3, -0.25) is 20.2 Å². The van der Waals surface area contributed by atoms with Crippen molar-refractivity contribution in [1.29, 1.82) is 0 Å². The Morgan fingerprint density at radius 2 is 1.71 bits per heavy atom. The van der Waals surface area contributed by atoms with Gasteiger partial charge in [-0.05, 0) is 11.5 Å². The molecule has 0 saturated carbocycles. The van der Waals surface area contributed by atoms with E-state index in [-0.39, 0.29) is 16.3 Å². The summed E-state index contributed by atoms with van der Waals surface area (Å²) in [6.07, 6.45) is 0. The Morgan fingerprint density at radius 1 is 1.00 bits per heavy atom. The van der Waals surface area contributed by atoms with Gasteiger partial charge in [0, 0.05) is 11.5 Å². The van der Waals surface area contributed by atoms with E-state index < -0.39 is 38.7 Å². The van der Waals surface area contributed by atoms with E-state index >= 15 is 0 Å². The summed E-state index contributed by atoms with van der Waals surface area (Å²) in [5.41, 5.74) is -2.41. The monoisotopic (exact) mass is 288 g/mol. The summed E-state index contributed by atoms with van der Waals surface area (Å²) < 4.78 is 4.42. The Labute approximate surface area is 115 Å². The molecule has 0 unspecified atom stereocenters. The molecular formula is C12H4N2O7. The lowest BCUT2D eigenvalue weighted by molar-refractivity contribution is -0.422. The molecular weight excluding hydrogens is 284 g/mol. The van der Waals surface area contributed by atoms with Crippen LogP contribution in [0.1, 0.15) is 20.7 Å². The van der Waals surface area contributed by atoms with Gasteiger partial charge in [0.25, 0.3) is 0 Å². The maximum atomic E-state index is 11.8. The molecule has 21 heavy (non-hydrogen) atoms. The predicted octanol–water partition coefficient (Wildman–Crippen LogP) is 1.97. The summed E-state index contributed by atoms with van der Waals surface area (Å²) in [5, 5.41) is 22.3. The van der Waals surface area contributed by atoms with E-state index in [0.717, 1.165) is 6.07 Å². The standard InChI is InChI=1S/C12H4N2O7/c15-11-6-3-1-2-5-4-7(13(17)18)10(14(19)20)9(8(5)6)12(16)21-11/h1-4H. The summed E-state index contributed by atoms with van der Waals surface area (Å²) in [4.78, 5) is 43.6. The number of carbonyl (C=O) groups excluding carboxylic acids is 2. The van der Waals surface area contributed by atoms with Crippen molar-refractivity contribution in [3.8, 4) is 0 Å². The number of hydrogen-bond acceptors (Lipinski definition) is 7. The minimum absolute atomic E-state index is 0.00366. The highest BCUT2D eigenvalue weighted by atomic mass is 16.6. The molecule has 0 amide bonds. The molecule has 3 rings (SSSR count). The number of hydrogen-bond donors (Lipinski definition) is 0. The molecule has 2 aromatic carbocycles. The molecule has 0 spiro atoms. The SMILES string of the molecule is O=C1OC(=O)c2c([N+](=O)[O-])c([N+](=O)[O-])cc3cccc1c23. The van der Waals surface area contributed by atoms with Crippen LogP contribution in [-0.2, 0) is 4.74 Å². The van der Waals surface area contributed by atoms with Crippen LogP contribution < -0.4 is 0 Å². The van der Waals surface area contributed by atoms with Crippen molar-refractivity contribution < 1.29 is 24.2 Å². The Morgan fingerprint density at radius 3 is 2.33 bits per heavy atom. The molecule has 0 saturated heterocycles. The molecule has 0 aliphatic carbocycles. The van der Waals surface area contributed by atoms with Crippen molar-refractivity contribution in [3.05, 3.63) is 55.6 Å². The van der Waals surface area contributed by atoms with Crippen molar-refractivity contribution in [3.63, 3.8) is 0 Å². The molecule has 104 valence electrons. The Balaban J connectivity index is 2.60. The van der Waals surface area contributed by atoms with Crippen LogP contribution in [0.25, 0.3) is 10.8 Å². The van der Waals surface area contributed by atoms with Gasteiger partial charge < -0.3 is 4.74 Å². The molecule has 0 atom stereocenters. The Bertz CT molecular complexity index is 872. The van der Waals surface area contributed by atoms with E-state index in [1.165, 1.54) is 18.2 Å². The van der Waals surface area contributed by atoms with Crippen LogP contribution in [0.15, 0.2) is 24.3 Å². The van der Waals surface area contributed by atoms with E-state index in [2.05, 4.69) is 4.74 Å². The fourth-order valence-corrected chi connectivity index (χ4v) is 2.31. The molecule has 1 aliphatic rings. The van der Waals surface area contributed by atoms with Gasteiger partial charge in [-0.2, -0.15) is 0 Å². The minimum Gasteiger partial charge on any atom is -0.385 e. The number of cyclic esters (lactones) is 2. The second-order valence-corrected chi connectivity index (χ2v) is 4.21. The number of ether oxygens (including phenoxy) is 1. The highest BCUT2D eigenvalue weighted by Crippen LogP contribution is 2.40. The first-order chi connectivity index (χ1) is 9.91. The van der Waals surface area contributed by atoms with Crippen LogP contribution in [0.5, 0.6) is 0 Å². The third-order valence-electron chi connectivity index (χ3n) is 3.11. The molecule has 9 nitrogen and oxygen atoms in total. The van der Waals surface area contributed by atoms with Gasteiger partial charge >= 0.3 is 23.3 Å². The Kier molecular flexibility index (Phi) is 2.45. The first-order valence-corrected chi connectivity index (χ1v) is 5.57. The zero-order valence-corrected chi connectivity index (χ0v) is 10.1. The third-order valence-corrected chi connectivity index (χ3v) is 3.11. The predicted molar refractivity (Wildman–Crippen MR) is 67.0 cm³/mol. The summed E-state index contributed by atoms with van der Waals surface area (Å²) in [7, 11) is 0. The van der Waals surface area contributed by atoms with Crippen molar-refractivity contribution in [2.75, 3.05) is 0 Å². The van der Waals surface area contributed by atoms with Gasteiger partial charge in [-0.1, -0.05) is 12.1 Å². The van der Waals surface area contributed by atoms with Crippen molar-refractivity contribution in [2.45, 2.75) is 0 Å². The van der Waals surface area contributed by atoms with E-state index in [1.54, 1.807) is 0 Å². The normalized spacial score (nSPS) is 13.1. The van der Waals surface area contributed by atoms with Crippen LogP contribution in [0.4, 0.5) is 11.4 Å². The maximum absolute atomic E-state index is 11.8. The minimum atomic E-state index is -1.26. The van der Waals surface area contributed by atoms with Gasteiger partial charge in [0.2, 0.25) is 0 Å². The Hall–Kier alpha value is -3.36. The zero-order chi connectivity index (χ0) is 15.3. The van der Waals surface area contributed by atoms with Crippen LogP contribution in [0.3, 0.4) is 0 Å². The van der Waals surface area contributed by atoms with Crippen LogP contribution in [0.2, 0.25) is 0 Å². The lowest BCUT2D eigenvalue weighted by Crippen LogP contribution is -2.21. The van der Waals surface area contributed by atoms with Crippen molar-refractivity contribution in [2.24, 2.45) is 0 Å². The summed E-state index contributed by atoms with van der Waals surface area (Å²) in [6, 6.07) is 5.15. The number of nitro groups is 2. The molecule has 9 heteroatoms. The molecule has 0 aromatic heterocycles. The molecule has 1 aliphatic heterocycles. The van der Waals surface area contributed by atoms with Crippen LogP contribution >= 0.6 is 0 Å². The van der Waals surface area contributed by atoms with Gasteiger partial charge in [0.15, 0.2) is 5.56 Å². The molecule has 1 heterocycles. The number of rotatable bonds is 2. The van der Waals surface area contributed by atoms with E-state index in [0.29, 0.717) is 0 Å². The number of esters is 2. The second kappa shape index (κ2) is 4.07.